The molecule has 1 aromatic carbocycles. The van der Waals surface area contributed by atoms with Crippen LogP contribution in [0.2, 0.25) is 5.02 Å². The van der Waals surface area contributed by atoms with Gasteiger partial charge in [0.25, 0.3) is 0 Å². The van der Waals surface area contributed by atoms with Gasteiger partial charge in [0.15, 0.2) is 0 Å². The third-order valence-corrected chi connectivity index (χ3v) is 8.25. The summed E-state index contributed by atoms with van der Waals surface area (Å²) in [5.74, 6) is 1.05. The van der Waals surface area contributed by atoms with Crippen LogP contribution in [0.1, 0.15) is 43.4 Å². The number of carbonyl (C=O) groups excluding carboxylic acids is 1. The molecule has 0 radical (unpaired) electrons. The molecule has 0 unspecified atom stereocenters. The minimum Gasteiger partial charge on any atom is -0.340 e. The van der Waals surface area contributed by atoms with E-state index in [0.717, 1.165) is 53.0 Å². The van der Waals surface area contributed by atoms with E-state index in [2.05, 4.69) is 16.0 Å². The van der Waals surface area contributed by atoms with Crippen molar-refractivity contribution >= 4 is 40.6 Å². The molecule has 0 atom stereocenters. The first-order valence-corrected chi connectivity index (χ1v) is 12.8. The molecule has 1 aromatic heterocycles. The standard InChI is InChI=1S/C22H28ClN3OS2/c23-18-6-4-5-17(13-18)15-28-22-24-19(16-29-22)14-21(27)26-11-9-25(10-12-26)20-7-2-1-3-8-20/h4-6,13,16,20H,1-3,7-12,14-15H2. The lowest BCUT2D eigenvalue weighted by molar-refractivity contribution is -0.132. The van der Waals surface area contributed by atoms with E-state index < -0.39 is 0 Å². The number of amides is 1. The van der Waals surface area contributed by atoms with Crippen molar-refractivity contribution in [2.45, 2.75) is 54.7 Å². The van der Waals surface area contributed by atoms with Crippen LogP contribution in [0.25, 0.3) is 0 Å². The van der Waals surface area contributed by atoms with Crippen LogP contribution in [0, 0.1) is 0 Å². The van der Waals surface area contributed by atoms with Gasteiger partial charge in [-0.15, -0.1) is 11.3 Å². The van der Waals surface area contributed by atoms with Crippen LogP contribution in [0.4, 0.5) is 0 Å². The molecule has 2 aliphatic rings. The number of thioether (sulfide) groups is 1. The summed E-state index contributed by atoms with van der Waals surface area (Å²) in [6, 6.07) is 8.66. The van der Waals surface area contributed by atoms with E-state index in [-0.39, 0.29) is 5.91 Å². The van der Waals surface area contributed by atoms with Gasteiger partial charge < -0.3 is 4.90 Å². The highest BCUT2D eigenvalue weighted by Gasteiger charge is 2.27. The lowest BCUT2D eigenvalue weighted by Crippen LogP contribution is -2.52. The molecule has 2 aromatic rings. The fraction of sp³-hybridized carbons (Fsp3) is 0.545. The van der Waals surface area contributed by atoms with Crippen LogP contribution in [0.5, 0.6) is 0 Å². The van der Waals surface area contributed by atoms with Gasteiger partial charge in [-0.05, 0) is 30.5 Å². The van der Waals surface area contributed by atoms with Gasteiger partial charge in [-0.2, -0.15) is 0 Å². The summed E-state index contributed by atoms with van der Waals surface area (Å²) in [7, 11) is 0. The Morgan fingerprint density at radius 1 is 1.17 bits per heavy atom. The Morgan fingerprint density at radius 3 is 2.72 bits per heavy atom. The molecule has 1 amide bonds. The number of nitrogens with zero attached hydrogens (tertiary/aromatic N) is 3. The molecule has 1 saturated heterocycles. The van der Waals surface area contributed by atoms with E-state index in [0.29, 0.717) is 6.42 Å². The van der Waals surface area contributed by atoms with Crippen molar-refractivity contribution in [2.75, 3.05) is 26.2 Å². The molecule has 156 valence electrons. The van der Waals surface area contributed by atoms with Gasteiger partial charge >= 0.3 is 0 Å². The summed E-state index contributed by atoms with van der Waals surface area (Å²) in [4.78, 5) is 22.0. The second-order valence-electron chi connectivity index (χ2n) is 7.91. The average Bonchev–Trinajstić information content (AvgIpc) is 3.20. The van der Waals surface area contributed by atoms with Crippen LogP contribution in [-0.2, 0) is 17.0 Å². The zero-order valence-corrected chi connectivity index (χ0v) is 19.1. The van der Waals surface area contributed by atoms with Crippen molar-refractivity contribution in [1.82, 2.24) is 14.8 Å². The molecule has 7 heteroatoms. The van der Waals surface area contributed by atoms with Gasteiger partial charge in [-0.1, -0.05) is 54.8 Å². The highest BCUT2D eigenvalue weighted by Crippen LogP contribution is 2.28. The highest BCUT2D eigenvalue weighted by atomic mass is 35.5. The predicted octanol–water partition coefficient (Wildman–Crippen LogP) is 5.11. The Labute approximate surface area is 186 Å². The molecule has 0 spiro atoms. The first-order valence-electron chi connectivity index (χ1n) is 10.5. The number of hydrogen-bond donors (Lipinski definition) is 0. The van der Waals surface area contributed by atoms with E-state index >= 15 is 0 Å². The maximum Gasteiger partial charge on any atom is 0.228 e. The van der Waals surface area contributed by atoms with E-state index in [1.807, 2.05) is 28.5 Å². The highest BCUT2D eigenvalue weighted by molar-refractivity contribution is 8.00. The molecule has 1 aliphatic heterocycles. The van der Waals surface area contributed by atoms with Crippen LogP contribution >= 0.6 is 34.7 Å². The van der Waals surface area contributed by atoms with Crippen LogP contribution < -0.4 is 0 Å². The first kappa shape index (κ1) is 21.2. The largest absolute Gasteiger partial charge is 0.340 e. The molecule has 2 heterocycles. The van der Waals surface area contributed by atoms with Crippen molar-refractivity contribution in [3.8, 4) is 0 Å². The maximum atomic E-state index is 12.7. The minimum absolute atomic E-state index is 0.213. The molecule has 1 saturated carbocycles. The van der Waals surface area contributed by atoms with Gasteiger partial charge in [0, 0.05) is 48.4 Å². The number of thiazole rings is 1. The number of rotatable bonds is 6. The van der Waals surface area contributed by atoms with Crippen molar-refractivity contribution in [2.24, 2.45) is 0 Å². The van der Waals surface area contributed by atoms with Crippen molar-refractivity contribution < 1.29 is 4.79 Å². The lowest BCUT2D eigenvalue weighted by atomic mass is 9.94. The van der Waals surface area contributed by atoms with E-state index in [9.17, 15) is 4.79 Å². The van der Waals surface area contributed by atoms with E-state index in [4.69, 9.17) is 11.6 Å². The summed E-state index contributed by atoms with van der Waals surface area (Å²) in [6.45, 7) is 3.76. The number of benzene rings is 1. The summed E-state index contributed by atoms with van der Waals surface area (Å²) < 4.78 is 1.01. The summed E-state index contributed by atoms with van der Waals surface area (Å²) >= 11 is 9.37. The Morgan fingerprint density at radius 2 is 1.97 bits per heavy atom. The number of hydrogen-bond acceptors (Lipinski definition) is 5. The van der Waals surface area contributed by atoms with Gasteiger partial charge in [0.05, 0.1) is 12.1 Å². The summed E-state index contributed by atoms with van der Waals surface area (Å²) in [5.41, 5.74) is 2.08. The minimum atomic E-state index is 0.213. The molecular formula is C22H28ClN3OS2. The van der Waals surface area contributed by atoms with Gasteiger partial charge in [0.1, 0.15) is 4.34 Å². The summed E-state index contributed by atoms with van der Waals surface area (Å²) in [5, 5.41) is 2.79. The van der Waals surface area contributed by atoms with Crippen molar-refractivity contribution in [3.05, 3.63) is 45.9 Å². The second-order valence-corrected chi connectivity index (χ2v) is 10.4. The Kier molecular flexibility index (Phi) is 7.51. The molecule has 4 rings (SSSR count). The fourth-order valence-corrected chi connectivity index (χ4v) is 6.26. The zero-order chi connectivity index (χ0) is 20.1. The number of carbonyl (C=O) groups is 1. The second kappa shape index (κ2) is 10.3. The molecule has 0 bridgehead atoms. The van der Waals surface area contributed by atoms with Crippen LogP contribution in [-0.4, -0.2) is 52.9 Å². The maximum absolute atomic E-state index is 12.7. The monoisotopic (exact) mass is 449 g/mol. The van der Waals surface area contributed by atoms with Gasteiger partial charge in [0.2, 0.25) is 5.91 Å². The molecule has 4 nitrogen and oxygen atoms in total. The fourth-order valence-electron chi connectivity index (χ4n) is 4.26. The molecule has 1 aliphatic carbocycles. The summed E-state index contributed by atoms with van der Waals surface area (Å²) in [6.07, 6.45) is 7.21. The number of aromatic nitrogens is 1. The molecule has 29 heavy (non-hydrogen) atoms. The van der Waals surface area contributed by atoms with Gasteiger partial charge in [-0.25, -0.2) is 4.98 Å². The van der Waals surface area contributed by atoms with E-state index in [1.165, 1.54) is 37.7 Å². The third kappa shape index (κ3) is 5.97. The molecule has 2 fully saturated rings. The van der Waals surface area contributed by atoms with Crippen LogP contribution in [0.3, 0.4) is 0 Å². The van der Waals surface area contributed by atoms with Gasteiger partial charge in [-0.3, -0.25) is 9.69 Å². The first-order chi connectivity index (χ1) is 14.2. The predicted molar refractivity (Wildman–Crippen MR) is 122 cm³/mol. The number of piperazine rings is 1. The molecular weight excluding hydrogens is 422 g/mol. The van der Waals surface area contributed by atoms with Crippen LogP contribution in [0.15, 0.2) is 34.0 Å². The Hall–Kier alpha value is -1.08. The normalized spacial score (nSPS) is 18.9. The lowest BCUT2D eigenvalue weighted by Gasteiger charge is -2.40. The average molecular weight is 450 g/mol. The number of halogens is 1. The third-order valence-electron chi connectivity index (χ3n) is 5.87. The van der Waals surface area contributed by atoms with Crippen molar-refractivity contribution in [3.63, 3.8) is 0 Å². The quantitative estimate of drug-likeness (QED) is 0.574. The van der Waals surface area contributed by atoms with Crippen molar-refractivity contribution in [1.29, 1.82) is 0 Å². The Bertz CT molecular complexity index is 814. The smallest absolute Gasteiger partial charge is 0.228 e. The zero-order valence-electron chi connectivity index (χ0n) is 16.7. The SMILES string of the molecule is O=C(Cc1csc(SCc2cccc(Cl)c2)n1)N1CCN(C2CCCCC2)CC1. The van der Waals surface area contributed by atoms with E-state index in [1.54, 1.807) is 23.1 Å². The topological polar surface area (TPSA) is 36.4 Å². The molecule has 0 N–H and O–H groups in total. The Balaban J connectivity index is 1.23.